The lowest BCUT2D eigenvalue weighted by atomic mass is 10.00. The maximum atomic E-state index is 10.0. The number of allylic oxidation sites excluding steroid dienone is 1. The van der Waals surface area contributed by atoms with Crippen LogP contribution in [0.4, 0.5) is 0 Å². The fourth-order valence-electron chi connectivity index (χ4n) is 1.85. The molecule has 0 radical (unpaired) electrons. The van der Waals surface area contributed by atoms with Crippen LogP contribution in [0.5, 0.6) is 0 Å². The van der Waals surface area contributed by atoms with Crippen molar-refractivity contribution in [2.45, 2.75) is 46.8 Å². The fraction of sp³-hybridized carbons (Fsp3) is 0.500. The second-order valence-corrected chi connectivity index (χ2v) is 10.9. The predicted molar refractivity (Wildman–Crippen MR) is 84.6 cm³/mol. The van der Waals surface area contributed by atoms with Crippen LogP contribution in [0, 0.1) is 5.92 Å². The summed E-state index contributed by atoms with van der Waals surface area (Å²) in [5, 5.41) is 10.0. The van der Waals surface area contributed by atoms with E-state index in [1.165, 1.54) is 5.56 Å². The van der Waals surface area contributed by atoms with Gasteiger partial charge in [-0.25, -0.2) is 0 Å². The molecular formula is C16H26O2Si. The number of benzene rings is 1. The molecule has 0 aliphatic heterocycles. The minimum Gasteiger partial charge on any atom is -0.520 e. The maximum absolute atomic E-state index is 10.0. The van der Waals surface area contributed by atoms with E-state index in [9.17, 15) is 5.11 Å². The standard InChI is InChI=1S/C16H26O2Si/c1-12(2)11-14-7-9-15(10-8-14)13(3)16(17)18-19(4,5)6/h7-10,12,17H,11H2,1-6H3/b16-13+. The van der Waals surface area contributed by atoms with Crippen molar-refractivity contribution < 1.29 is 9.53 Å². The smallest absolute Gasteiger partial charge is 0.266 e. The van der Waals surface area contributed by atoms with Crippen molar-refractivity contribution in [2.24, 2.45) is 5.92 Å². The van der Waals surface area contributed by atoms with Crippen molar-refractivity contribution in [1.29, 1.82) is 0 Å². The predicted octanol–water partition coefficient (Wildman–Crippen LogP) is 4.98. The molecule has 2 nitrogen and oxygen atoms in total. The Labute approximate surface area is 118 Å². The molecule has 0 amide bonds. The molecular weight excluding hydrogens is 252 g/mol. The fourth-order valence-corrected chi connectivity index (χ4v) is 2.59. The van der Waals surface area contributed by atoms with Crippen molar-refractivity contribution in [1.82, 2.24) is 0 Å². The molecule has 106 valence electrons. The summed E-state index contributed by atoms with van der Waals surface area (Å²) in [4.78, 5) is 0. The van der Waals surface area contributed by atoms with Crippen molar-refractivity contribution in [3.63, 3.8) is 0 Å². The molecule has 0 fully saturated rings. The summed E-state index contributed by atoms with van der Waals surface area (Å²) in [6.45, 7) is 12.5. The molecule has 0 unspecified atom stereocenters. The van der Waals surface area contributed by atoms with Gasteiger partial charge in [-0.05, 0) is 50.0 Å². The van der Waals surface area contributed by atoms with Gasteiger partial charge < -0.3 is 9.53 Å². The Morgan fingerprint density at radius 2 is 1.68 bits per heavy atom. The molecule has 1 aromatic rings. The number of aliphatic hydroxyl groups is 1. The quantitative estimate of drug-likeness (QED) is 0.608. The Balaban J connectivity index is 2.88. The lowest BCUT2D eigenvalue weighted by Gasteiger charge is -2.19. The first-order valence-electron chi connectivity index (χ1n) is 6.87. The topological polar surface area (TPSA) is 29.5 Å². The highest BCUT2D eigenvalue weighted by Gasteiger charge is 2.19. The molecule has 0 aliphatic carbocycles. The highest BCUT2D eigenvalue weighted by Crippen LogP contribution is 2.21. The van der Waals surface area contributed by atoms with E-state index in [1.54, 1.807) is 0 Å². The van der Waals surface area contributed by atoms with Gasteiger partial charge in [-0.1, -0.05) is 38.1 Å². The van der Waals surface area contributed by atoms with Gasteiger partial charge in [0.15, 0.2) is 0 Å². The van der Waals surface area contributed by atoms with Crippen LogP contribution in [0.3, 0.4) is 0 Å². The molecule has 1 aromatic carbocycles. The second-order valence-electron chi connectivity index (χ2n) is 6.44. The summed E-state index contributed by atoms with van der Waals surface area (Å²) >= 11 is 0. The second kappa shape index (κ2) is 6.28. The van der Waals surface area contributed by atoms with E-state index < -0.39 is 8.32 Å². The molecule has 1 rings (SSSR count). The molecule has 1 N–H and O–H groups in total. The average molecular weight is 278 g/mol. The Morgan fingerprint density at radius 1 is 1.16 bits per heavy atom. The van der Waals surface area contributed by atoms with Crippen LogP contribution in [0.25, 0.3) is 5.57 Å². The summed E-state index contributed by atoms with van der Waals surface area (Å²) in [5.41, 5.74) is 3.15. The van der Waals surface area contributed by atoms with Crippen molar-refractivity contribution in [2.75, 3.05) is 0 Å². The molecule has 0 saturated carbocycles. The van der Waals surface area contributed by atoms with E-state index in [4.69, 9.17) is 4.43 Å². The van der Waals surface area contributed by atoms with E-state index in [1.807, 2.05) is 6.92 Å². The van der Waals surface area contributed by atoms with Crippen molar-refractivity contribution >= 4 is 13.9 Å². The highest BCUT2D eigenvalue weighted by molar-refractivity contribution is 6.70. The normalized spacial score (nSPS) is 13.4. The SMILES string of the molecule is C/C(=C(/O)O[Si](C)(C)C)c1ccc(CC(C)C)cc1. The first kappa shape index (κ1) is 15.8. The minimum atomic E-state index is -1.76. The number of aliphatic hydroxyl groups excluding tert-OH is 1. The average Bonchev–Trinajstić information content (AvgIpc) is 2.26. The van der Waals surface area contributed by atoms with Crippen LogP contribution >= 0.6 is 0 Å². The van der Waals surface area contributed by atoms with Gasteiger partial charge in [-0.3, -0.25) is 0 Å². The molecule has 0 aliphatic rings. The Hall–Kier alpha value is -1.22. The molecule has 0 heterocycles. The largest absolute Gasteiger partial charge is 0.520 e. The van der Waals surface area contributed by atoms with Gasteiger partial charge in [0, 0.05) is 5.57 Å². The molecule has 0 aromatic heterocycles. The first-order chi connectivity index (χ1) is 8.69. The van der Waals surface area contributed by atoms with E-state index in [0.717, 1.165) is 17.6 Å². The third-order valence-corrected chi connectivity index (χ3v) is 3.56. The van der Waals surface area contributed by atoms with Gasteiger partial charge in [-0.15, -0.1) is 0 Å². The molecule has 0 atom stereocenters. The van der Waals surface area contributed by atoms with Crippen LogP contribution in [0.1, 0.15) is 31.9 Å². The zero-order valence-electron chi connectivity index (χ0n) is 12.9. The van der Waals surface area contributed by atoms with E-state index in [-0.39, 0.29) is 5.95 Å². The molecule has 0 bridgehead atoms. The van der Waals surface area contributed by atoms with Crippen LogP contribution in [-0.2, 0) is 10.8 Å². The number of hydrogen-bond donors (Lipinski definition) is 1. The number of rotatable bonds is 5. The van der Waals surface area contributed by atoms with E-state index in [2.05, 4.69) is 57.8 Å². The number of hydrogen-bond acceptors (Lipinski definition) is 2. The minimum absolute atomic E-state index is 0.0655. The van der Waals surface area contributed by atoms with Crippen molar-refractivity contribution in [3.8, 4) is 0 Å². The maximum Gasteiger partial charge on any atom is 0.266 e. The van der Waals surface area contributed by atoms with Crippen molar-refractivity contribution in [3.05, 3.63) is 41.3 Å². The molecule has 3 heteroatoms. The van der Waals surface area contributed by atoms with Gasteiger partial charge in [0.1, 0.15) is 0 Å². The van der Waals surface area contributed by atoms with Crippen LogP contribution in [0.2, 0.25) is 19.6 Å². The van der Waals surface area contributed by atoms with Crippen LogP contribution < -0.4 is 0 Å². The van der Waals surface area contributed by atoms with Crippen LogP contribution in [0.15, 0.2) is 30.2 Å². The monoisotopic (exact) mass is 278 g/mol. The first-order valence-corrected chi connectivity index (χ1v) is 10.3. The van der Waals surface area contributed by atoms with Gasteiger partial charge >= 0.3 is 0 Å². The molecule has 19 heavy (non-hydrogen) atoms. The van der Waals surface area contributed by atoms with Crippen LogP contribution in [-0.4, -0.2) is 13.4 Å². The van der Waals surface area contributed by atoms with E-state index in [0.29, 0.717) is 5.92 Å². The highest BCUT2D eigenvalue weighted by atomic mass is 28.4. The van der Waals surface area contributed by atoms with Gasteiger partial charge in [-0.2, -0.15) is 0 Å². The van der Waals surface area contributed by atoms with E-state index >= 15 is 0 Å². The third-order valence-electron chi connectivity index (χ3n) is 2.75. The summed E-state index contributed by atoms with van der Waals surface area (Å²) in [6.07, 6.45) is 1.08. The van der Waals surface area contributed by atoms with Gasteiger partial charge in [0.05, 0.1) is 0 Å². The summed E-state index contributed by atoms with van der Waals surface area (Å²) < 4.78 is 5.62. The van der Waals surface area contributed by atoms with Gasteiger partial charge in [0.25, 0.3) is 5.95 Å². The third kappa shape index (κ3) is 5.51. The zero-order chi connectivity index (χ0) is 14.6. The lowest BCUT2D eigenvalue weighted by Crippen LogP contribution is -2.25. The Bertz CT molecular complexity index is 439. The zero-order valence-corrected chi connectivity index (χ0v) is 13.9. The molecule has 0 saturated heterocycles. The summed E-state index contributed by atoms with van der Waals surface area (Å²) in [5.74, 6) is 0.724. The summed E-state index contributed by atoms with van der Waals surface area (Å²) in [7, 11) is -1.76. The Morgan fingerprint density at radius 3 is 2.11 bits per heavy atom. The van der Waals surface area contributed by atoms with Gasteiger partial charge in [0.2, 0.25) is 8.32 Å². The molecule has 0 spiro atoms. The summed E-state index contributed by atoms with van der Waals surface area (Å²) in [6, 6.07) is 8.36. The lowest BCUT2D eigenvalue weighted by molar-refractivity contribution is 0.206. The Kier molecular flexibility index (Phi) is 5.24.